The quantitative estimate of drug-likeness (QED) is 0.310. The molecule has 0 aliphatic carbocycles. The number of benzene rings is 2. The number of carbonyl (C=O) groups excluding carboxylic acids is 1. The van der Waals surface area contributed by atoms with Gasteiger partial charge >= 0.3 is 12.4 Å². The maximum absolute atomic E-state index is 13.7. The van der Waals surface area contributed by atoms with Crippen molar-refractivity contribution in [3.05, 3.63) is 73.7 Å². The fourth-order valence-corrected chi connectivity index (χ4v) is 6.24. The van der Waals surface area contributed by atoms with E-state index in [-0.39, 0.29) is 11.1 Å². The first-order valence-corrected chi connectivity index (χ1v) is 13.7. The molecular formula is C23H21Br2F6NO3S. The summed E-state index contributed by atoms with van der Waals surface area (Å²) in [5.41, 5.74) is 0.889. The van der Waals surface area contributed by atoms with Crippen LogP contribution < -0.4 is 5.32 Å². The summed E-state index contributed by atoms with van der Waals surface area (Å²) in [6.07, 6.45) is -7.18. The molecule has 0 heterocycles. The summed E-state index contributed by atoms with van der Waals surface area (Å²) >= 11 is 6.36. The van der Waals surface area contributed by atoms with Gasteiger partial charge in [-0.25, -0.2) is 8.42 Å². The number of amides is 1. The largest absolute Gasteiger partial charge is 0.402 e. The van der Waals surface area contributed by atoms with E-state index in [9.17, 15) is 39.6 Å². The first-order valence-electron chi connectivity index (χ1n) is 10.3. The smallest absolute Gasteiger partial charge is 0.349 e. The number of hydrogen-bond donors (Lipinski definition) is 1. The van der Waals surface area contributed by atoms with Gasteiger partial charge in [0, 0.05) is 20.6 Å². The van der Waals surface area contributed by atoms with E-state index >= 15 is 0 Å². The molecule has 36 heavy (non-hydrogen) atoms. The van der Waals surface area contributed by atoms with E-state index in [1.165, 1.54) is 50.3 Å². The SMILES string of the molecule is Cc1cc(/C=C/C(c2cc(Br)cc(Br)c2)C(F)(F)F)ccc1C(=O)NC(C)CS(=O)(=O)CC(F)(F)F. The Hall–Kier alpha value is -1.86. The van der Waals surface area contributed by atoms with E-state index in [0.29, 0.717) is 20.1 Å². The molecule has 0 saturated heterocycles. The standard InChI is InChI=1S/C23H21Br2F6NO3S/c1-13-7-15(4-6-20(23(29,30)31)16-8-17(24)10-18(25)9-16)3-5-19(13)21(33)32-14(2)11-36(34,35)12-22(26,27)28/h3-10,14,20H,11-12H2,1-2H3,(H,32,33)/b6-4+. The topological polar surface area (TPSA) is 63.2 Å². The van der Waals surface area contributed by atoms with E-state index < -0.39 is 51.6 Å². The maximum Gasteiger partial charge on any atom is 0.402 e. The summed E-state index contributed by atoms with van der Waals surface area (Å²) in [5.74, 6) is -5.50. The Morgan fingerprint density at radius 2 is 1.61 bits per heavy atom. The molecule has 2 rings (SSSR count). The number of rotatable bonds is 8. The highest BCUT2D eigenvalue weighted by atomic mass is 79.9. The third-order valence-corrected chi connectivity index (χ3v) is 7.53. The van der Waals surface area contributed by atoms with Crippen molar-refractivity contribution in [2.75, 3.05) is 11.5 Å². The third-order valence-electron chi connectivity index (χ3n) is 4.84. The molecule has 198 valence electrons. The van der Waals surface area contributed by atoms with E-state index in [1.54, 1.807) is 6.07 Å². The number of halogens is 8. The van der Waals surface area contributed by atoms with Crippen LogP contribution >= 0.6 is 31.9 Å². The Morgan fingerprint density at radius 1 is 1.03 bits per heavy atom. The number of sulfone groups is 1. The van der Waals surface area contributed by atoms with Crippen LogP contribution in [-0.2, 0) is 9.84 Å². The highest BCUT2D eigenvalue weighted by molar-refractivity contribution is 9.11. The van der Waals surface area contributed by atoms with Crippen molar-refractivity contribution in [1.29, 1.82) is 0 Å². The number of carbonyl (C=O) groups is 1. The van der Waals surface area contributed by atoms with Crippen LogP contribution in [0.1, 0.15) is 39.9 Å². The lowest BCUT2D eigenvalue weighted by Crippen LogP contribution is -2.39. The molecule has 1 amide bonds. The van der Waals surface area contributed by atoms with Crippen LogP contribution in [0.15, 0.2) is 51.4 Å². The van der Waals surface area contributed by atoms with Crippen molar-refractivity contribution in [3.63, 3.8) is 0 Å². The van der Waals surface area contributed by atoms with Crippen LogP contribution in [0.25, 0.3) is 6.08 Å². The van der Waals surface area contributed by atoms with Crippen LogP contribution in [0, 0.1) is 6.92 Å². The van der Waals surface area contributed by atoms with E-state index in [2.05, 4.69) is 37.2 Å². The van der Waals surface area contributed by atoms with Crippen molar-refractivity contribution in [2.45, 2.75) is 38.2 Å². The van der Waals surface area contributed by atoms with Crippen molar-refractivity contribution in [2.24, 2.45) is 0 Å². The van der Waals surface area contributed by atoms with Crippen LogP contribution in [-0.4, -0.2) is 44.2 Å². The molecule has 0 saturated carbocycles. The van der Waals surface area contributed by atoms with Crippen molar-refractivity contribution in [3.8, 4) is 0 Å². The Bertz CT molecular complexity index is 1220. The van der Waals surface area contributed by atoms with E-state index in [0.717, 1.165) is 6.08 Å². The van der Waals surface area contributed by atoms with Gasteiger partial charge in [-0.3, -0.25) is 4.79 Å². The third kappa shape index (κ3) is 9.55. The minimum absolute atomic E-state index is 0.0159. The predicted octanol–water partition coefficient (Wildman–Crippen LogP) is 6.97. The summed E-state index contributed by atoms with van der Waals surface area (Å²) < 4.78 is 103. The Balaban J connectivity index is 2.18. The highest BCUT2D eigenvalue weighted by Gasteiger charge is 2.39. The van der Waals surface area contributed by atoms with Crippen molar-refractivity contribution < 1.29 is 39.6 Å². The maximum atomic E-state index is 13.7. The number of aryl methyl sites for hydroxylation is 1. The molecule has 13 heteroatoms. The number of alkyl halides is 6. The van der Waals surface area contributed by atoms with Gasteiger partial charge in [0.1, 0.15) is 5.75 Å². The fraction of sp³-hybridized carbons (Fsp3) is 0.348. The zero-order valence-electron chi connectivity index (χ0n) is 18.8. The average Bonchev–Trinajstić information content (AvgIpc) is 2.63. The normalized spacial score (nSPS) is 14.6. The first-order chi connectivity index (χ1) is 16.4. The van der Waals surface area contributed by atoms with Crippen molar-refractivity contribution >= 4 is 53.7 Å². The van der Waals surface area contributed by atoms with Gasteiger partial charge in [0.15, 0.2) is 9.84 Å². The number of allylic oxidation sites excluding steroid dienone is 1. The average molecular weight is 665 g/mol. The highest BCUT2D eigenvalue weighted by Crippen LogP contribution is 2.38. The monoisotopic (exact) mass is 663 g/mol. The molecule has 0 spiro atoms. The molecular weight excluding hydrogens is 644 g/mol. The van der Waals surface area contributed by atoms with Crippen LogP contribution in [0.2, 0.25) is 0 Å². The molecule has 2 aromatic carbocycles. The fourth-order valence-electron chi connectivity index (χ4n) is 3.45. The lowest BCUT2D eigenvalue weighted by Gasteiger charge is -2.18. The second kappa shape index (κ2) is 11.7. The zero-order chi connectivity index (χ0) is 27.5. The molecule has 0 fully saturated rings. The Kier molecular flexibility index (Phi) is 9.85. The lowest BCUT2D eigenvalue weighted by atomic mass is 9.96. The second-order valence-electron chi connectivity index (χ2n) is 8.20. The van der Waals surface area contributed by atoms with Crippen LogP contribution in [0.5, 0.6) is 0 Å². The van der Waals surface area contributed by atoms with Gasteiger partial charge in [-0.2, -0.15) is 26.3 Å². The molecule has 0 radical (unpaired) electrons. The molecule has 1 N–H and O–H groups in total. The molecule has 4 nitrogen and oxygen atoms in total. The van der Waals surface area contributed by atoms with E-state index in [4.69, 9.17) is 0 Å². The molecule has 0 aliphatic heterocycles. The van der Waals surface area contributed by atoms with Crippen LogP contribution in [0.3, 0.4) is 0 Å². The zero-order valence-corrected chi connectivity index (χ0v) is 22.8. The summed E-state index contributed by atoms with van der Waals surface area (Å²) in [7, 11) is -4.49. The number of hydrogen-bond acceptors (Lipinski definition) is 3. The van der Waals surface area contributed by atoms with Gasteiger partial charge in [0.2, 0.25) is 0 Å². The lowest BCUT2D eigenvalue weighted by molar-refractivity contribution is -0.139. The Morgan fingerprint density at radius 3 is 2.11 bits per heavy atom. The molecule has 0 bridgehead atoms. The Labute approximate surface area is 221 Å². The van der Waals surface area contributed by atoms with Crippen molar-refractivity contribution in [1.82, 2.24) is 5.32 Å². The molecule has 2 atom stereocenters. The van der Waals surface area contributed by atoms with Gasteiger partial charge in [0.05, 0.1) is 11.7 Å². The molecule has 0 aliphatic rings. The summed E-state index contributed by atoms with van der Waals surface area (Å²) in [5, 5.41) is 2.34. The van der Waals surface area contributed by atoms with Crippen LogP contribution in [0.4, 0.5) is 26.3 Å². The summed E-state index contributed by atoms with van der Waals surface area (Å²) in [6, 6.07) is 7.47. The predicted molar refractivity (Wildman–Crippen MR) is 132 cm³/mol. The number of nitrogens with one attached hydrogen (secondary N) is 1. The first kappa shape index (κ1) is 30.4. The molecule has 0 aromatic heterocycles. The molecule has 2 unspecified atom stereocenters. The minimum atomic E-state index is -4.89. The minimum Gasteiger partial charge on any atom is -0.349 e. The second-order valence-corrected chi connectivity index (χ2v) is 12.1. The van der Waals surface area contributed by atoms with Gasteiger partial charge in [0.25, 0.3) is 5.91 Å². The summed E-state index contributed by atoms with van der Waals surface area (Å²) in [4.78, 5) is 12.5. The van der Waals surface area contributed by atoms with Gasteiger partial charge in [-0.05, 0) is 54.8 Å². The van der Waals surface area contributed by atoms with Gasteiger partial charge in [-0.15, -0.1) is 0 Å². The van der Waals surface area contributed by atoms with E-state index in [1.807, 2.05) is 0 Å². The summed E-state index contributed by atoms with van der Waals surface area (Å²) in [6.45, 7) is 2.79. The molecule has 2 aromatic rings. The van der Waals surface area contributed by atoms with Gasteiger partial charge in [-0.1, -0.05) is 56.1 Å². The van der Waals surface area contributed by atoms with Gasteiger partial charge < -0.3 is 5.32 Å².